The van der Waals surface area contributed by atoms with Crippen molar-refractivity contribution in [1.29, 1.82) is 0 Å². The number of carbonyl (C=O) groups excluding carboxylic acids is 1. The van der Waals surface area contributed by atoms with Gasteiger partial charge in [0.1, 0.15) is 0 Å². The molecule has 39 heavy (non-hydrogen) atoms. The lowest BCUT2D eigenvalue weighted by molar-refractivity contribution is 0.0709. The van der Waals surface area contributed by atoms with E-state index in [2.05, 4.69) is 50.0 Å². The van der Waals surface area contributed by atoms with Gasteiger partial charge >= 0.3 is 0 Å². The van der Waals surface area contributed by atoms with Crippen molar-refractivity contribution in [3.8, 4) is 11.3 Å². The molecule has 5 heterocycles. The minimum absolute atomic E-state index is 0.148. The van der Waals surface area contributed by atoms with Crippen LogP contribution in [0, 0.1) is 0 Å². The molecule has 3 aliphatic rings. The van der Waals surface area contributed by atoms with Crippen molar-refractivity contribution in [2.24, 2.45) is 0 Å². The highest BCUT2D eigenvalue weighted by Gasteiger charge is 2.31. The van der Waals surface area contributed by atoms with Crippen molar-refractivity contribution < 1.29 is 4.79 Å². The second-order valence-electron chi connectivity index (χ2n) is 10.8. The Morgan fingerprint density at radius 2 is 1.82 bits per heavy atom. The molecule has 1 unspecified atom stereocenters. The van der Waals surface area contributed by atoms with Crippen LogP contribution in [0.5, 0.6) is 0 Å². The van der Waals surface area contributed by atoms with E-state index in [0.29, 0.717) is 12.6 Å². The molecule has 0 saturated carbocycles. The topological polar surface area (TPSA) is 76.6 Å². The molecule has 198 valence electrons. The highest BCUT2D eigenvalue weighted by molar-refractivity contribution is 5.95. The number of aromatic nitrogens is 2. The number of nitrogens with zero attached hydrogens (tertiary/aromatic N) is 5. The molecule has 2 saturated heterocycles. The SMILES string of the molecule is O=C(c1ccc(-c2ccc3c(n2)N(Cc2ccc4ncccc4c2)NN3)cc1)N1CCCC1CN1CCCC1. The summed E-state index contributed by atoms with van der Waals surface area (Å²) in [7, 11) is 0. The largest absolute Gasteiger partial charge is 0.334 e. The van der Waals surface area contributed by atoms with Crippen LogP contribution < -0.4 is 16.0 Å². The lowest BCUT2D eigenvalue weighted by atomic mass is 10.1. The van der Waals surface area contributed by atoms with Gasteiger partial charge in [-0.15, -0.1) is 5.53 Å². The molecule has 2 aromatic heterocycles. The molecule has 0 spiro atoms. The lowest BCUT2D eigenvalue weighted by Gasteiger charge is -2.28. The van der Waals surface area contributed by atoms with E-state index in [-0.39, 0.29) is 5.91 Å². The first-order chi connectivity index (χ1) is 19.2. The third kappa shape index (κ3) is 4.82. The molecule has 3 aliphatic heterocycles. The van der Waals surface area contributed by atoms with E-state index in [0.717, 1.165) is 70.7 Å². The monoisotopic (exact) mass is 519 g/mol. The predicted molar refractivity (Wildman–Crippen MR) is 154 cm³/mol. The number of rotatable bonds is 6. The van der Waals surface area contributed by atoms with Crippen molar-refractivity contribution in [3.63, 3.8) is 0 Å². The first-order valence-corrected chi connectivity index (χ1v) is 14.0. The number of fused-ring (bicyclic) bond motifs is 2. The molecule has 2 aromatic carbocycles. The first-order valence-electron chi connectivity index (χ1n) is 14.0. The van der Waals surface area contributed by atoms with Gasteiger partial charge in [-0.2, -0.15) is 0 Å². The average molecular weight is 520 g/mol. The Hall–Kier alpha value is -4.01. The van der Waals surface area contributed by atoms with Gasteiger partial charge in [-0.05, 0) is 86.8 Å². The van der Waals surface area contributed by atoms with Gasteiger partial charge in [-0.25, -0.2) is 4.98 Å². The zero-order valence-corrected chi connectivity index (χ0v) is 22.0. The standard InChI is InChI=1S/C31H33N7O/c39-31(37-18-4-6-26(37)21-36-16-1-2-17-36)24-10-8-23(9-11-24)28-13-14-29-30(33-28)38(35-34-29)20-22-7-12-27-25(19-22)5-3-15-32-27/h3,5,7-15,19,26,34-35H,1-2,4,6,16-18,20-21H2. The zero-order valence-electron chi connectivity index (χ0n) is 22.0. The van der Waals surface area contributed by atoms with Crippen LogP contribution in [-0.2, 0) is 6.54 Å². The minimum atomic E-state index is 0.148. The van der Waals surface area contributed by atoms with Crippen LogP contribution in [0.15, 0.2) is 72.9 Å². The van der Waals surface area contributed by atoms with E-state index in [1.54, 1.807) is 0 Å². The van der Waals surface area contributed by atoms with E-state index in [1.807, 2.05) is 53.7 Å². The van der Waals surface area contributed by atoms with Crippen LogP contribution >= 0.6 is 0 Å². The van der Waals surface area contributed by atoms with Gasteiger partial charge in [0.25, 0.3) is 5.91 Å². The second-order valence-corrected chi connectivity index (χ2v) is 10.8. The molecule has 7 rings (SSSR count). The minimum Gasteiger partial charge on any atom is -0.334 e. The zero-order chi connectivity index (χ0) is 26.2. The lowest BCUT2D eigenvalue weighted by Crippen LogP contribution is -2.42. The number of benzene rings is 2. The van der Waals surface area contributed by atoms with Crippen LogP contribution in [0.4, 0.5) is 11.5 Å². The maximum absolute atomic E-state index is 13.4. The fourth-order valence-corrected chi connectivity index (χ4v) is 6.12. The number of amides is 1. The summed E-state index contributed by atoms with van der Waals surface area (Å²) in [6.45, 7) is 4.86. The van der Waals surface area contributed by atoms with Crippen molar-refractivity contribution in [2.45, 2.75) is 38.3 Å². The van der Waals surface area contributed by atoms with Crippen molar-refractivity contribution in [1.82, 2.24) is 25.3 Å². The average Bonchev–Trinajstić information content (AvgIpc) is 3.75. The van der Waals surface area contributed by atoms with E-state index in [4.69, 9.17) is 4.98 Å². The van der Waals surface area contributed by atoms with E-state index in [1.165, 1.54) is 25.9 Å². The Morgan fingerprint density at radius 1 is 0.949 bits per heavy atom. The summed E-state index contributed by atoms with van der Waals surface area (Å²) in [6.07, 6.45) is 6.58. The van der Waals surface area contributed by atoms with Gasteiger partial charge in [-0.1, -0.05) is 24.3 Å². The summed E-state index contributed by atoms with van der Waals surface area (Å²) in [4.78, 5) is 27.4. The van der Waals surface area contributed by atoms with Gasteiger partial charge in [0.2, 0.25) is 0 Å². The fourth-order valence-electron chi connectivity index (χ4n) is 6.12. The summed E-state index contributed by atoms with van der Waals surface area (Å²) in [5, 5.41) is 3.14. The molecular weight excluding hydrogens is 486 g/mol. The Balaban J connectivity index is 1.07. The Morgan fingerprint density at radius 3 is 2.69 bits per heavy atom. The molecule has 4 aromatic rings. The smallest absolute Gasteiger partial charge is 0.254 e. The molecule has 0 bridgehead atoms. The molecule has 2 fully saturated rings. The maximum atomic E-state index is 13.4. The summed E-state index contributed by atoms with van der Waals surface area (Å²) in [5.41, 5.74) is 12.2. The van der Waals surface area contributed by atoms with Crippen LogP contribution in [0.25, 0.3) is 22.2 Å². The van der Waals surface area contributed by atoms with Crippen molar-refractivity contribution >= 4 is 28.3 Å². The van der Waals surface area contributed by atoms with Crippen LogP contribution in [0.3, 0.4) is 0 Å². The second kappa shape index (κ2) is 10.3. The molecule has 8 heteroatoms. The Labute approximate surface area is 228 Å². The fraction of sp³-hybridized carbons (Fsp3) is 0.323. The molecule has 8 nitrogen and oxygen atoms in total. The summed E-state index contributed by atoms with van der Waals surface area (Å²) < 4.78 is 0. The van der Waals surface area contributed by atoms with Crippen LogP contribution in [0.1, 0.15) is 41.6 Å². The summed E-state index contributed by atoms with van der Waals surface area (Å²) in [6, 6.07) is 22.7. The highest BCUT2D eigenvalue weighted by Crippen LogP contribution is 2.32. The number of pyridine rings is 2. The van der Waals surface area contributed by atoms with Crippen molar-refractivity contribution in [2.75, 3.05) is 36.6 Å². The molecule has 0 aliphatic carbocycles. The normalized spacial score (nSPS) is 19.0. The molecule has 2 N–H and O–H groups in total. The third-order valence-electron chi connectivity index (χ3n) is 8.20. The molecule has 0 radical (unpaired) electrons. The highest BCUT2D eigenvalue weighted by atomic mass is 16.2. The van der Waals surface area contributed by atoms with Gasteiger partial charge in [0.05, 0.1) is 23.4 Å². The van der Waals surface area contributed by atoms with E-state index >= 15 is 0 Å². The van der Waals surface area contributed by atoms with Crippen LogP contribution in [0.2, 0.25) is 0 Å². The maximum Gasteiger partial charge on any atom is 0.254 e. The van der Waals surface area contributed by atoms with Gasteiger partial charge in [0, 0.05) is 41.8 Å². The van der Waals surface area contributed by atoms with Crippen LogP contribution in [-0.4, -0.2) is 57.9 Å². The van der Waals surface area contributed by atoms with Gasteiger partial charge in [0.15, 0.2) is 5.82 Å². The number of hydrogen-bond donors (Lipinski definition) is 2. The number of carbonyl (C=O) groups is 1. The number of hydrogen-bond acceptors (Lipinski definition) is 7. The number of anilines is 2. The van der Waals surface area contributed by atoms with Crippen molar-refractivity contribution in [3.05, 3.63) is 84.1 Å². The summed E-state index contributed by atoms with van der Waals surface area (Å²) >= 11 is 0. The van der Waals surface area contributed by atoms with E-state index < -0.39 is 0 Å². The number of hydrazine groups is 2. The van der Waals surface area contributed by atoms with Gasteiger partial charge < -0.3 is 15.2 Å². The predicted octanol–water partition coefficient (Wildman–Crippen LogP) is 4.85. The van der Waals surface area contributed by atoms with E-state index in [9.17, 15) is 4.79 Å². The molecule has 1 amide bonds. The summed E-state index contributed by atoms with van der Waals surface area (Å²) in [5.74, 6) is 0.996. The quantitative estimate of drug-likeness (QED) is 0.377. The Bertz CT molecular complexity index is 1500. The Kier molecular flexibility index (Phi) is 6.34. The first kappa shape index (κ1) is 24.1. The number of nitrogens with one attached hydrogen (secondary N) is 2. The van der Waals surface area contributed by atoms with Gasteiger partial charge in [-0.3, -0.25) is 14.8 Å². The third-order valence-corrected chi connectivity index (χ3v) is 8.20. The number of likely N-dealkylation sites (tertiary alicyclic amines) is 2. The molecule has 1 atom stereocenters. The molecular formula is C31H33N7O.